The largest absolute Gasteiger partial charge is 0.461 e. The molecule has 1 N–H and O–H groups in total. The standard InChI is InChI=1S/C9H11N3OS/c1-6(2)12-8(10-11-9(12)14)7-4-3-5-13-7/h3-6H,1-2H3,(H,11,14). The van der Waals surface area contributed by atoms with Gasteiger partial charge in [-0.1, -0.05) is 0 Å². The smallest absolute Gasteiger partial charge is 0.198 e. The van der Waals surface area contributed by atoms with Crippen LogP contribution in [0.25, 0.3) is 11.6 Å². The second-order valence-corrected chi connectivity index (χ2v) is 3.68. The number of hydrogen-bond donors (Lipinski definition) is 1. The van der Waals surface area contributed by atoms with E-state index in [1.54, 1.807) is 6.26 Å². The van der Waals surface area contributed by atoms with Crippen LogP contribution in [-0.4, -0.2) is 14.8 Å². The summed E-state index contributed by atoms with van der Waals surface area (Å²) in [6, 6.07) is 3.96. The molecule has 5 heteroatoms. The molecule has 0 aliphatic rings. The number of hydrogen-bond acceptors (Lipinski definition) is 3. The summed E-state index contributed by atoms with van der Waals surface area (Å²) >= 11 is 5.13. The minimum Gasteiger partial charge on any atom is -0.461 e. The van der Waals surface area contributed by atoms with Crippen LogP contribution >= 0.6 is 12.2 Å². The lowest BCUT2D eigenvalue weighted by Gasteiger charge is -2.07. The average Bonchev–Trinajstić information content (AvgIpc) is 2.70. The molecule has 2 heterocycles. The van der Waals surface area contributed by atoms with Gasteiger partial charge in [-0.3, -0.25) is 9.67 Å². The third-order valence-corrected chi connectivity index (χ3v) is 2.25. The lowest BCUT2D eigenvalue weighted by Crippen LogP contribution is -2.02. The molecule has 0 aliphatic carbocycles. The maximum Gasteiger partial charge on any atom is 0.198 e. The highest BCUT2D eigenvalue weighted by Gasteiger charge is 2.12. The summed E-state index contributed by atoms with van der Waals surface area (Å²) in [7, 11) is 0. The molecule has 0 unspecified atom stereocenters. The van der Waals surface area contributed by atoms with Crippen LogP contribution < -0.4 is 0 Å². The highest BCUT2D eigenvalue weighted by atomic mass is 32.1. The number of aromatic amines is 1. The fourth-order valence-electron chi connectivity index (χ4n) is 1.36. The molecule has 0 amide bonds. The summed E-state index contributed by atoms with van der Waals surface area (Å²) in [4.78, 5) is 0. The van der Waals surface area contributed by atoms with Gasteiger partial charge in [0.25, 0.3) is 0 Å². The number of rotatable bonds is 2. The van der Waals surface area contributed by atoms with E-state index in [1.165, 1.54) is 0 Å². The Labute approximate surface area is 86.6 Å². The molecule has 0 aliphatic heterocycles. The van der Waals surface area contributed by atoms with Gasteiger partial charge in [0.15, 0.2) is 16.4 Å². The Hall–Kier alpha value is -1.36. The van der Waals surface area contributed by atoms with Crippen molar-refractivity contribution in [1.82, 2.24) is 14.8 Å². The van der Waals surface area contributed by atoms with Crippen molar-refractivity contribution in [2.45, 2.75) is 19.9 Å². The van der Waals surface area contributed by atoms with Gasteiger partial charge in [-0.05, 0) is 38.2 Å². The summed E-state index contributed by atoms with van der Waals surface area (Å²) in [6.45, 7) is 4.11. The van der Waals surface area contributed by atoms with Crippen LogP contribution in [0.1, 0.15) is 19.9 Å². The van der Waals surface area contributed by atoms with Crippen molar-refractivity contribution in [3.05, 3.63) is 23.2 Å². The molecule has 4 nitrogen and oxygen atoms in total. The monoisotopic (exact) mass is 209 g/mol. The van der Waals surface area contributed by atoms with Crippen molar-refractivity contribution in [2.24, 2.45) is 0 Å². The van der Waals surface area contributed by atoms with E-state index in [9.17, 15) is 0 Å². The van der Waals surface area contributed by atoms with Crippen LogP contribution in [0.3, 0.4) is 0 Å². The Balaban J connectivity index is 2.60. The van der Waals surface area contributed by atoms with Crippen LogP contribution in [0.15, 0.2) is 22.8 Å². The summed E-state index contributed by atoms with van der Waals surface area (Å²) in [5, 5.41) is 6.89. The Kier molecular flexibility index (Phi) is 2.25. The van der Waals surface area contributed by atoms with Crippen molar-refractivity contribution in [3.63, 3.8) is 0 Å². The average molecular weight is 209 g/mol. The molecule has 0 aromatic carbocycles. The number of nitrogens with zero attached hydrogens (tertiary/aromatic N) is 2. The molecule has 2 aromatic rings. The molecule has 0 bridgehead atoms. The zero-order valence-corrected chi connectivity index (χ0v) is 8.84. The molecular formula is C9H11N3OS. The summed E-state index contributed by atoms with van der Waals surface area (Å²) in [6.07, 6.45) is 1.62. The van der Waals surface area contributed by atoms with E-state index in [1.807, 2.05) is 16.7 Å². The highest BCUT2D eigenvalue weighted by molar-refractivity contribution is 7.71. The van der Waals surface area contributed by atoms with E-state index >= 15 is 0 Å². The predicted octanol–water partition coefficient (Wildman–Crippen LogP) is 2.78. The highest BCUT2D eigenvalue weighted by Crippen LogP contribution is 2.20. The van der Waals surface area contributed by atoms with Crippen LogP contribution in [-0.2, 0) is 0 Å². The van der Waals surface area contributed by atoms with Crippen molar-refractivity contribution >= 4 is 12.2 Å². The van der Waals surface area contributed by atoms with Crippen LogP contribution in [0.5, 0.6) is 0 Å². The van der Waals surface area contributed by atoms with Gasteiger partial charge >= 0.3 is 0 Å². The van der Waals surface area contributed by atoms with E-state index in [2.05, 4.69) is 24.0 Å². The summed E-state index contributed by atoms with van der Waals surface area (Å²) < 4.78 is 7.82. The zero-order chi connectivity index (χ0) is 10.1. The van der Waals surface area contributed by atoms with E-state index in [4.69, 9.17) is 16.6 Å². The third kappa shape index (κ3) is 1.39. The van der Waals surface area contributed by atoms with E-state index in [0.717, 1.165) is 11.6 Å². The van der Waals surface area contributed by atoms with Gasteiger partial charge in [0.05, 0.1) is 6.26 Å². The van der Waals surface area contributed by atoms with Crippen LogP contribution in [0.2, 0.25) is 0 Å². The first kappa shape index (κ1) is 9.21. The number of nitrogens with one attached hydrogen (secondary N) is 1. The fraction of sp³-hybridized carbons (Fsp3) is 0.333. The van der Waals surface area contributed by atoms with E-state index in [-0.39, 0.29) is 6.04 Å². The first-order chi connectivity index (χ1) is 6.70. The molecule has 0 radical (unpaired) electrons. The van der Waals surface area contributed by atoms with Gasteiger partial charge in [-0.25, -0.2) is 0 Å². The fourth-order valence-corrected chi connectivity index (χ4v) is 1.71. The molecule has 0 fully saturated rings. The quantitative estimate of drug-likeness (QED) is 0.773. The predicted molar refractivity (Wildman–Crippen MR) is 55.5 cm³/mol. The molecule has 2 aromatic heterocycles. The third-order valence-electron chi connectivity index (χ3n) is 1.96. The molecule has 2 rings (SSSR count). The maximum absolute atomic E-state index is 5.27. The topological polar surface area (TPSA) is 46.8 Å². The second-order valence-electron chi connectivity index (χ2n) is 3.29. The van der Waals surface area contributed by atoms with Gasteiger partial charge in [0.1, 0.15) is 0 Å². The van der Waals surface area contributed by atoms with Gasteiger partial charge in [0.2, 0.25) is 0 Å². The van der Waals surface area contributed by atoms with Crippen LogP contribution in [0, 0.1) is 4.77 Å². The summed E-state index contributed by atoms with van der Waals surface area (Å²) in [5.74, 6) is 1.47. The van der Waals surface area contributed by atoms with Gasteiger partial charge in [-0.2, -0.15) is 5.10 Å². The first-order valence-corrected chi connectivity index (χ1v) is 4.81. The Morgan fingerprint density at radius 3 is 2.93 bits per heavy atom. The Bertz CT molecular complexity index is 466. The normalized spacial score (nSPS) is 11.1. The number of aromatic nitrogens is 3. The molecule has 0 atom stereocenters. The lowest BCUT2D eigenvalue weighted by molar-refractivity contribution is 0.549. The first-order valence-electron chi connectivity index (χ1n) is 4.41. The van der Waals surface area contributed by atoms with Gasteiger partial charge < -0.3 is 4.42 Å². The zero-order valence-electron chi connectivity index (χ0n) is 8.02. The molecule has 0 saturated heterocycles. The lowest BCUT2D eigenvalue weighted by atomic mass is 10.3. The summed E-state index contributed by atoms with van der Waals surface area (Å²) in [5.41, 5.74) is 0. The molecule has 14 heavy (non-hydrogen) atoms. The van der Waals surface area contributed by atoms with E-state index < -0.39 is 0 Å². The number of H-pyrrole nitrogens is 1. The van der Waals surface area contributed by atoms with Gasteiger partial charge in [-0.15, -0.1) is 0 Å². The van der Waals surface area contributed by atoms with E-state index in [0.29, 0.717) is 4.77 Å². The van der Waals surface area contributed by atoms with Crippen molar-refractivity contribution in [3.8, 4) is 11.6 Å². The van der Waals surface area contributed by atoms with Crippen molar-refractivity contribution in [1.29, 1.82) is 0 Å². The molecule has 0 spiro atoms. The maximum atomic E-state index is 5.27. The second kappa shape index (κ2) is 3.42. The Morgan fingerprint density at radius 1 is 1.57 bits per heavy atom. The number of furan rings is 1. The van der Waals surface area contributed by atoms with Crippen molar-refractivity contribution in [2.75, 3.05) is 0 Å². The van der Waals surface area contributed by atoms with Crippen LogP contribution in [0.4, 0.5) is 0 Å². The Morgan fingerprint density at radius 2 is 2.36 bits per heavy atom. The molecular weight excluding hydrogens is 198 g/mol. The SMILES string of the molecule is CC(C)n1c(-c2ccco2)n[nH]c1=S. The minimum absolute atomic E-state index is 0.265. The molecule has 74 valence electrons. The molecule has 0 saturated carbocycles. The minimum atomic E-state index is 0.265. The van der Waals surface area contributed by atoms with Gasteiger partial charge in [0, 0.05) is 6.04 Å². The van der Waals surface area contributed by atoms with Crippen molar-refractivity contribution < 1.29 is 4.42 Å².